The maximum Gasteiger partial charge on any atom is 0.327 e. The minimum Gasteiger partial charge on any atom is -0.340 e. The zero-order valence-electron chi connectivity index (χ0n) is 12.5. The van der Waals surface area contributed by atoms with Gasteiger partial charge in [-0.2, -0.15) is 0 Å². The fourth-order valence-electron chi connectivity index (χ4n) is 2.45. The van der Waals surface area contributed by atoms with Crippen LogP contribution in [0, 0.1) is 5.82 Å². The number of fused-ring (bicyclic) bond motifs is 1. The van der Waals surface area contributed by atoms with E-state index in [1.54, 1.807) is 30.6 Å². The van der Waals surface area contributed by atoms with Gasteiger partial charge in [-0.05, 0) is 47.7 Å². The van der Waals surface area contributed by atoms with E-state index in [-0.39, 0.29) is 16.9 Å². The molecule has 0 unspecified atom stereocenters. The van der Waals surface area contributed by atoms with Crippen LogP contribution in [0.25, 0.3) is 22.3 Å². The maximum atomic E-state index is 13.2. The minimum atomic E-state index is -0.614. The quantitative estimate of drug-likeness (QED) is 0.489. The summed E-state index contributed by atoms with van der Waals surface area (Å²) in [6.45, 7) is 0. The summed E-state index contributed by atoms with van der Waals surface area (Å²) in [6.07, 6.45) is 3.18. The number of aromatic nitrogens is 5. The van der Waals surface area contributed by atoms with E-state index in [1.807, 2.05) is 0 Å². The lowest BCUT2D eigenvalue weighted by molar-refractivity contribution is 0.628. The van der Waals surface area contributed by atoms with Crippen molar-refractivity contribution in [2.75, 3.05) is 0 Å². The van der Waals surface area contributed by atoms with Crippen LogP contribution in [0.1, 0.15) is 0 Å². The molecule has 0 atom stereocenters. The third-order valence-electron chi connectivity index (χ3n) is 3.52. The number of rotatable bonds is 3. The van der Waals surface area contributed by atoms with E-state index in [9.17, 15) is 14.0 Å². The first-order valence-electron chi connectivity index (χ1n) is 7.21. The Kier molecular flexibility index (Phi) is 3.69. The molecule has 25 heavy (non-hydrogen) atoms. The number of benzene rings is 1. The summed E-state index contributed by atoms with van der Waals surface area (Å²) in [4.78, 5) is 40.5. The topological polar surface area (TPSA) is 107 Å². The van der Waals surface area contributed by atoms with Crippen molar-refractivity contribution in [1.29, 1.82) is 0 Å². The molecule has 9 heteroatoms. The molecular formula is C16H10FN5O2S. The summed E-state index contributed by atoms with van der Waals surface area (Å²) in [7, 11) is 0. The molecule has 0 fully saturated rings. The highest BCUT2D eigenvalue weighted by molar-refractivity contribution is 7.99. The third kappa shape index (κ3) is 2.85. The molecule has 124 valence electrons. The second-order valence-corrected chi connectivity index (χ2v) is 6.11. The Morgan fingerprint density at radius 1 is 0.960 bits per heavy atom. The summed E-state index contributed by atoms with van der Waals surface area (Å²) in [6, 6.07) is 7.50. The highest BCUT2D eigenvalue weighted by Crippen LogP contribution is 2.37. The van der Waals surface area contributed by atoms with Gasteiger partial charge >= 0.3 is 5.69 Å². The molecule has 3 N–H and O–H groups in total. The van der Waals surface area contributed by atoms with E-state index in [0.717, 1.165) is 0 Å². The van der Waals surface area contributed by atoms with Crippen molar-refractivity contribution in [1.82, 2.24) is 24.9 Å². The predicted molar refractivity (Wildman–Crippen MR) is 91.1 cm³/mol. The van der Waals surface area contributed by atoms with Crippen molar-refractivity contribution in [2.45, 2.75) is 10.1 Å². The van der Waals surface area contributed by atoms with Crippen LogP contribution in [0.2, 0.25) is 0 Å². The summed E-state index contributed by atoms with van der Waals surface area (Å²) in [5.41, 5.74) is 0.376. The third-order valence-corrected chi connectivity index (χ3v) is 4.52. The fourth-order valence-corrected chi connectivity index (χ4v) is 3.43. The van der Waals surface area contributed by atoms with Gasteiger partial charge in [-0.25, -0.2) is 19.2 Å². The van der Waals surface area contributed by atoms with Crippen LogP contribution >= 0.6 is 11.8 Å². The second kappa shape index (κ2) is 6.02. The molecule has 0 saturated carbocycles. The summed E-state index contributed by atoms with van der Waals surface area (Å²) in [5, 5.41) is 0.730. The normalized spacial score (nSPS) is 11.1. The van der Waals surface area contributed by atoms with Gasteiger partial charge in [-0.3, -0.25) is 14.8 Å². The molecule has 0 radical (unpaired) electrons. The van der Waals surface area contributed by atoms with Gasteiger partial charge in [0.2, 0.25) is 0 Å². The number of halogens is 1. The van der Waals surface area contributed by atoms with Gasteiger partial charge in [-0.15, -0.1) is 0 Å². The molecule has 0 spiro atoms. The molecule has 3 heterocycles. The molecule has 4 aromatic rings. The largest absolute Gasteiger partial charge is 0.340 e. The van der Waals surface area contributed by atoms with Gasteiger partial charge in [0.15, 0.2) is 5.16 Å². The van der Waals surface area contributed by atoms with Crippen LogP contribution in [0.3, 0.4) is 0 Å². The number of nitrogens with zero attached hydrogens (tertiary/aromatic N) is 2. The highest BCUT2D eigenvalue weighted by atomic mass is 32.2. The van der Waals surface area contributed by atoms with E-state index in [0.29, 0.717) is 21.3 Å². The van der Waals surface area contributed by atoms with Crippen molar-refractivity contribution < 1.29 is 4.39 Å². The van der Waals surface area contributed by atoms with Gasteiger partial charge in [-0.1, -0.05) is 0 Å². The average molecular weight is 355 g/mol. The Morgan fingerprint density at radius 2 is 1.68 bits per heavy atom. The van der Waals surface area contributed by atoms with Crippen LogP contribution < -0.4 is 11.2 Å². The van der Waals surface area contributed by atoms with E-state index in [1.165, 1.54) is 23.9 Å². The number of aromatic amines is 3. The molecule has 3 aromatic heterocycles. The predicted octanol–water partition coefficient (Wildman–Crippen LogP) is 2.29. The lowest BCUT2D eigenvalue weighted by Crippen LogP contribution is -2.21. The zero-order chi connectivity index (χ0) is 17.4. The van der Waals surface area contributed by atoms with Crippen LogP contribution in [-0.2, 0) is 0 Å². The van der Waals surface area contributed by atoms with Crippen LogP contribution in [0.4, 0.5) is 4.39 Å². The molecule has 4 rings (SSSR count). The lowest BCUT2D eigenvalue weighted by atomic mass is 10.1. The summed E-state index contributed by atoms with van der Waals surface area (Å²) >= 11 is 1.18. The molecular weight excluding hydrogens is 345 g/mol. The van der Waals surface area contributed by atoms with Crippen molar-refractivity contribution >= 4 is 22.8 Å². The Balaban J connectivity index is 1.99. The monoisotopic (exact) mass is 355 g/mol. The SMILES string of the molecule is O=c1[nH]c(=O)c2c(Sc3ncccn3)c(-c3ccc(F)cc3)[nH]c2[nH]1. The van der Waals surface area contributed by atoms with Crippen LogP contribution in [-0.4, -0.2) is 24.9 Å². The number of hydrogen-bond donors (Lipinski definition) is 3. The van der Waals surface area contributed by atoms with E-state index >= 15 is 0 Å². The van der Waals surface area contributed by atoms with E-state index in [4.69, 9.17) is 0 Å². The fraction of sp³-hybridized carbons (Fsp3) is 0. The lowest BCUT2D eigenvalue weighted by Gasteiger charge is -2.03. The average Bonchev–Trinajstić information content (AvgIpc) is 2.95. The molecule has 0 aliphatic carbocycles. The minimum absolute atomic E-state index is 0.284. The Hall–Kier alpha value is -3.20. The molecule has 0 bridgehead atoms. The van der Waals surface area contributed by atoms with E-state index < -0.39 is 11.2 Å². The van der Waals surface area contributed by atoms with Gasteiger partial charge in [0.1, 0.15) is 11.5 Å². The Labute approximate surface area is 143 Å². The second-order valence-electron chi connectivity index (χ2n) is 5.13. The van der Waals surface area contributed by atoms with E-state index in [2.05, 4.69) is 24.9 Å². The van der Waals surface area contributed by atoms with Crippen molar-refractivity contribution in [2.24, 2.45) is 0 Å². The number of hydrogen-bond acceptors (Lipinski definition) is 5. The summed E-state index contributed by atoms with van der Waals surface area (Å²) < 4.78 is 13.2. The van der Waals surface area contributed by atoms with Crippen molar-refractivity contribution in [3.63, 3.8) is 0 Å². The smallest absolute Gasteiger partial charge is 0.327 e. The molecule has 0 aliphatic rings. The Morgan fingerprint density at radius 3 is 2.40 bits per heavy atom. The number of nitrogens with one attached hydrogen (secondary N) is 3. The summed E-state index contributed by atoms with van der Waals surface area (Å²) in [5.74, 6) is -0.369. The van der Waals surface area contributed by atoms with Crippen LogP contribution in [0.15, 0.2) is 62.4 Å². The van der Waals surface area contributed by atoms with Gasteiger partial charge in [0.05, 0.1) is 16.0 Å². The van der Waals surface area contributed by atoms with Crippen molar-refractivity contribution in [3.05, 3.63) is 69.4 Å². The Bertz CT molecular complexity index is 1170. The first kappa shape index (κ1) is 15.3. The first-order valence-corrected chi connectivity index (χ1v) is 8.02. The first-order chi connectivity index (χ1) is 12.1. The standard InChI is InChI=1S/C16H10FN5O2S/c17-9-4-2-8(3-5-9)11-12(25-16-18-6-1-7-19-16)10-13(20-11)21-15(24)22-14(10)23/h1-7H,(H3,20,21,22,23,24). The van der Waals surface area contributed by atoms with Gasteiger partial charge in [0, 0.05) is 12.4 Å². The molecule has 0 amide bonds. The number of H-pyrrole nitrogens is 3. The molecule has 7 nitrogen and oxygen atoms in total. The zero-order valence-corrected chi connectivity index (χ0v) is 13.4. The molecule has 1 aromatic carbocycles. The molecule has 0 aliphatic heterocycles. The van der Waals surface area contributed by atoms with Crippen molar-refractivity contribution in [3.8, 4) is 11.3 Å². The highest BCUT2D eigenvalue weighted by Gasteiger charge is 2.19. The van der Waals surface area contributed by atoms with Crippen LogP contribution in [0.5, 0.6) is 0 Å². The maximum absolute atomic E-state index is 13.2. The van der Waals surface area contributed by atoms with Gasteiger partial charge < -0.3 is 4.98 Å². The van der Waals surface area contributed by atoms with Gasteiger partial charge in [0.25, 0.3) is 5.56 Å². The molecule has 0 saturated heterocycles.